The molecule has 0 radical (unpaired) electrons. The molecule has 1 aromatic rings. The van der Waals surface area contributed by atoms with Crippen molar-refractivity contribution in [2.24, 2.45) is 0 Å². The third kappa shape index (κ3) is 2.79. The first-order valence-corrected chi connectivity index (χ1v) is 7.39. The number of imide groups is 1. The lowest BCUT2D eigenvalue weighted by atomic mass is 9.87. The second-order valence-corrected chi connectivity index (χ2v) is 5.73. The molecule has 0 aromatic carbocycles. The van der Waals surface area contributed by atoms with Crippen LogP contribution in [0.1, 0.15) is 24.8 Å². The second-order valence-electron chi connectivity index (χ2n) is 5.73. The van der Waals surface area contributed by atoms with Crippen LogP contribution < -0.4 is 10.6 Å². The molecular formula is C15H18N4O3. The van der Waals surface area contributed by atoms with Gasteiger partial charge < -0.3 is 10.2 Å². The lowest BCUT2D eigenvalue weighted by molar-refractivity contribution is -0.135. The number of carbonyl (C=O) groups excluding carboxylic acids is 3. The van der Waals surface area contributed by atoms with Gasteiger partial charge in [0.1, 0.15) is 5.54 Å². The quantitative estimate of drug-likeness (QED) is 0.781. The van der Waals surface area contributed by atoms with Gasteiger partial charge in [-0.1, -0.05) is 0 Å². The zero-order chi connectivity index (χ0) is 15.6. The molecule has 2 aliphatic rings. The number of carbonyl (C=O) groups is 3. The molecule has 3 heterocycles. The van der Waals surface area contributed by atoms with Crippen molar-refractivity contribution < 1.29 is 14.4 Å². The van der Waals surface area contributed by atoms with Crippen LogP contribution in [-0.2, 0) is 16.0 Å². The van der Waals surface area contributed by atoms with Gasteiger partial charge in [-0.15, -0.1) is 0 Å². The van der Waals surface area contributed by atoms with E-state index in [2.05, 4.69) is 15.6 Å². The van der Waals surface area contributed by atoms with Crippen LogP contribution >= 0.6 is 0 Å². The van der Waals surface area contributed by atoms with E-state index in [1.807, 2.05) is 12.1 Å². The van der Waals surface area contributed by atoms with E-state index in [1.165, 1.54) is 0 Å². The Labute approximate surface area is 128 Å². The van der Waals surface area contributed by atoms with Gasteiger partial charge in [-0.2, -0.15) is 0 Å². The number of urea groups is 1. The van der Waals surface area contributed by atoms with Gasteiger partial charge in [0, 0.05) is 31.9 Å². The van der Waals surface area contributed by atoms with Crippen LogP contribution in [0.2, 0.25) is 0 Å². The summed E-state index contributed by atoms with van der Waals surface area (Å²) in [4.78, 5) is 41.1. The first-order valence-electron chi connectivity index (χ1n) is 7.39. The minimum absolute atomic E-state index is 0.0800. The molecule has 22 heavy (non-hydrogen) atoms. The molecule has 7 heteroatoms. The van der Waals surface area contributed by atoms with E-state index in [1.54, 1.807) is 17.3 Å². The molecule has 2 N–H and O–H groups in total. The van der Waals surface area contributed by atoms with Crippen LogP contribution in [0.15, 0.2) is 24.5 Å². The Kier molecular flexibility index (Phi) is 3.79. The summed E-state index contributed by atoms with van der Waals surface area (Å²) in [6.07, 6.45) is 5.48. The average molecular weight is 302 g/mol. The Bertz CT molecular complexity index is 594. The fourth-order valence-electron chi connectivity index (χ4n) is 2.98. The van der Waals surface area contributed by atoms with Crippen molar-refractivity contribution >= 4 is 17.8 Å². The van der Waals surface area contributed by atoms with Gasteiger partial charge in [0.2, 0.25) is 5.91 Å². The maximum absolute atomic E-state index is 12.2. The molecule has 4 amide bonds. The number of rotatable bonds is 3. The van der Waals surface area contributed by atoms with E-state index in [0.29, 0.717) is 38.8 Å². The van der Waals surface area contributed by atoms with Crippen molar-refractivity contribution in [3.8, 4) is 0 Å². The van der Waals surface area contributed by atoms with Crippen LogP contribution in [0, 0.1) is 0 Å². The maximum atomic E-state index is 12.2. The molecule has 116 valence electrons. The highest BCUT2D eigenvalue weighted by atomic mass is 16.2. The highest BCUT2D eigenvalue weighted by Gasteiger charge is 2.48. The SMILES string of the molecule is O=C1NC(=O)C2(CCN(C(=O)CCc3ccncc3)CC2)N1. The van der Waals surface area contributed by atoms with E-state index in [9.17, 15) is 14.4 Å². The molecule has 0 aliphatic carbocycles. The van der Waals surface area contributed by atoms with Gasteiger partial charge in [-0.25, -0.2) is 4.79 Å². The Hall–Kier alpha value is -2.44. The molecule has 2 fully saturated rings. The average Bonchev–Trinajstić information content (AvgIpc) is 2.80. The van der Waals surface area contributed by atoms with Crippen molar-refractivity contribution in [3.05, 3.63) is 30.1 Å². The molecule has 2 aliphatic heterocycles. The summed E-state index contributed by atoms with van der Waals surface area (Å²) in [6, 6.07) is 3.36. The van der Waals surface area contributed by atoms with Gasteiger partial charge in [0.15, 0.2) is 0 Å². The van der Waals surface area contributed by atoms with E-state index in [-0.39, 0.29) is 11.8 Å². The van der Waals surface area contributed by atoms with E-state index < -0.39 is 11.6 Å². The Morgan fingerprint density at radius 1 is 1.23 bits per heavy atom. The third-order valence-corrected chi connectivity index (χ3v) is 4.36. The van der Waals surface area contributed by atoms with Gasteiger partial charge >= 0.3 is 6.03 Å². The minimum atomic E-state index is -0.820. The first-order chi connectivity index (χ1) is 10.6. The summed E-state index contributed by atoms with van der Waals surface area (Å²) < 4.78 is 0. The lowest BCUT2D eigenvalue weighted by Gasteiger charge is -2.37. The second kappa shape index (κ2) is 5.75. The zero-order valence-corrected chi connectivity index (χ0v) is 12.2. The van der Waals surface area contributed by atoms with Crippen molar-refractivity contribution in [2.75, 3.05) is 13.1 Å². The van der Waals surface area contributed by atoms with Crippen molar-refractivity contribution in [1.82, 2.24) is 20.5 Å². The van der Waals surface area contributed by atoms with Gasteiger partial charge in [0.05, 0.1) is 0 Å². The molecule has 0 atom stereocenters. The predicted molar refractivity (Wildman–Crippen MR) is 77.8 cm³/mol. The topological polar surface area (TPSA) is 91.4 Å². The molecule has 0 saturated carbocycles. The zero-order valence-electron chi connectivity index (χ0n) is 12.2. The van der Waals surface area contributed by atoms with E-state index >= 15 is 0 Å². The van der Waals surface area contributed by atoms with Gasteiger partial charge in [-0.3, -0.25) is 19.9 Å². The standard InChI is InChI=1S/C15H18N4O3/c20-12(2-1-11-3-7-16-8-4-11)19-9-5-15(6-10-19)13(21)17-14(22)18-15/h3-4,7-8H,1-2,5-6,9-10H2,(H2,17,18,21,22). The van der Waals surface area contributed by atoms with Crippen molar-refractivity contribution in [3.63, 3.8) is 0 Å². The fourth-order valence-corrected chi connectivity index (χ4v) is 2.98. The number of nitrogens with zero attached hydrogens (tertiary/aromatic N) is 2. The molecule has 1 spiro atoms. The highest BCUT2D eigenvalue weighted by Crippen LogP contribution is 2.25. The summed E-state index contributed by atoms with van der Waals surface area (Å²) in [5.74, 6) is -0.197. The van der Waals surface area contributed by atoms with Crippen LogP contribution in [0.3, 0.4) is 0 Å². The van der Waals surface area contributed by atoms with Crippen molar-refractivity contribution in [1.29, 1.82) is 0 Å². The monoisotopic (exact) mass is 302 g/mol. The van der Waals surface area contributed by atoms with Crippen LogP contribution in [-0.4, -0.2) is 46.4 Å². The summed E-state index contributed by atoms with van der Waals surface area (Å²) in [5, 5.41) is 4.96. The number of nitrogens with one attached hydrogen (secondary N) is 2. The third-order valence-electron chi connectivity index (χ3n) is 4.36. The summed E-state index contributed by atoms with van der Waals surface area (Å²) >= 11 is 0. The molecule has 2 saturated heterocycles. The minimum Gasteiger partial charge on any atom is -0.342 e. The van der Waals surface area contributed by atoms with Crippen LogP contribution in [0.5, 0.6) is 0 Å². The normalized spacial score (nSPS) is 19.9. The number of pyridine rings is 1. The maximum Gasteiger partial charge on any atom is 0.322 e. The highest BCUT2D eigenvalue weighted by molar-refractivity contribution is 6.07. The van der Waals surface area contributed by atoms with Gasteiger partial charge in [0.25, 0.3) is 5.91 Å². The first kappa shape index (κ1) is 14.5. The smallest absolute Gasteiger partial charge is 0.322 e. The van der Waals surface area contributed by atoms with E-state index in [0.717, 1.165) is 5.56 Å². The number of piperidine rings is 1. The Morgan fingerprint density at radius 2 is 1.91 bits per heavy atom. The number of aromatic nitrogens is 1. The predicted octanol–water partition coefficient (Wildman–Crippen LogP) is 0.215. The number of aryl methyl sites for hydroxylation is 1. The summed E-state index contributed by atoms with van der Waals surface area (Å²) in [7, 11) is 0. The molecule has 3 rings (SSSR count). The molecule has 0 bridgehead atoms. The number of hydrogen-bond acceptors (Lipinski definition) is 4. The van der Waals surface area contributed by atoms with Crippen LogP contribution in [0.25, 0.3) is 0 Å². The fraction of sp³-hybridized carbons (Fsp3) is 0.467. The molecular weight excluding hydrogens is 284 g/mol. The Balaban J connectivity index is 1.52. The molecule has 0 unspecified atom stereocenters. The largest absolute Gasteiger partial charge is 0.342 e. The van der Waals surface area contributed by atoms with Crippen LogP contribution in [0.4, 0.5) is 4.79 Å². The summed E-state index contributed by atoms with van der Waals surface area (Å²) in [6.45, 7) is 0.978. The van der Waals surface area contributed by atoms with Gasteiger partial charge in [-0.05, 0) is 37.0 Å². The van der Waals surface area contributed by atoms with Crippen molar-refractivity contribution in [2.45, 2.75) is 31.2 Å². The van der Waals surface area contributed by atoms with E-state index in [4.69, 9.17) is 0 Å². The Morgan fingerprint density at radius 3 is 2.50 bits per heavy atom. The molecule has 7 nitrogen and oxygen atoms in total. The lowest BCUT2D eigenvalue weighted by Crippen LogP contribution is -2.55. The molecule has 1 aromatic heterocycles. The number of likely N-dealkylation sites (tertiary alicyclic amines) is 1. The summed E-state index contributed by atoms with van der Waals surface area (Å²) in [5.41, 5.74) is 0.262. The number of amides is 4. The number of hydrogen-bond donors (Lipinski definition) is 2.